The highest BCUT2D eigenvalue weighted by Crippen LogP contribution is 2.27. The lowest BCUT2D eigenvalue weighted by molar-refractivity contribution is 0.222. The Bertz CT molecular complexity index is 1590. The number of primary sulfonamides is 1. The average molecular weight is 548 g/mol. The zero-order chi connectivity index (χ0) is 27.4. The molecule has 4 N–H and O–H groups in total. The molecule has 0 atom stereocenters. The molecule has 2 aromatic carbocycles. The first kappa shape index (κ1) is 26.3. The van der Waals surface area contributed by atoms with Gasteiger partial charge in [-0.1, -0.05) is 24.3 Å². The van der Waals surface area contributed by atoms with Crippen LogP contribution in [0.15, 0.2) is 65.6 Å². The van der Waals surface area contributed by atoms with Gasteiger partial charge in [-0.25, -0.2) is 28.3 Å². The Morgan fingerprint density at radius 1 is 0.974 bits per heavy atom. The summed E-state index contributed by atoms with van der Waals surface area (Å²) in [4.78, 5) is 28.1. The average Bonchev–Trinajstić information content (AvgIpc) is 3.48. The van der Waals surface area contributed by atoms with Crippen LogP contribution in [0.1, 0.15) is 25.3 Å². The molecule has 1 aliphatic rings. The van der Waals surface area contributed by atoms with E-state index >= 15 is 0 Å². The van der Waals surface area contributed by atoms with Gasteiger partial charge >= 0.3 is 6.03 Å². The van der Waals surface area contributed by atoms with Crippen molar-refractivity contribution in [1.82, 2.24) is 19.9 Å². The molecule has 0 bridgehead atoms. The van der Waals surface area contributed by atoms with E-state index in [-0.39, 0.29) is 10.9 Å². The zero-order valence-electron chi connectivity index (χ0n) is 21.4. The molecule has 0 radical (unpaired) electrons. The van der Waals surface area contributed by atoms with Crippen LogP contribution < -0.4 is 20.5 Å². The molecule has 0 saturated carbocycles. The predicted molar refractivity (Wildman–Crippen MR) is 149 cm³/mol. The number of ether oxygens (including phenoxy) is 1. The molecule has 5 rings (SSSR count). The van der Waals surface area contributed by atoms with Gasteiger partial charge in [0.05, 0.1) is 22.7 Å². The number of carbonyl (C=O) groups is 1. The number of urea groups is 1. The summed E-state index contributed by atoms with van der Waals surface area (Å²) < 4.78 is 28.7. The van der Waals surface area contributed by atoms with Crippen LogP contribution in [-0.4, -0.2) is 54.0 Å². The topological polar surface area (TPSA) is 152 Å². The number of nitrogens with zero attached hydrogens (tertiary/aromatic N) is 4. The van der Waals surface area contributed by atoms with Crippen LogP contribution in [-0.2, 0) is 16.6 Å². The van der Waals surface area contributed by atoms with Crippen molar-refractivity contribution in [3.8, 4) is 17.1 Å². The quantitative estimate of drug-likeness (QED) is 0.300. The molecule has 39 heavy (non-hydrogen) atoms. The number of anilines is 2. The molecule has 0 unspecified atom stereocenters. The van der Waals surface area contributed by atoms with Gasteiger partial charge < -0.3 is 20.3 Å². The van der Waals surface area contributed by atoms with E-state index in [0.717, 1.165) is 48.4 Å². The molecular weight excluding hydrogens is 518 g/mol. The molecule has 1 aliphatic heterocycles. The fourth-order valence-corrected chi connectivity index (χ4v) is 4.81. The third-order valence-corrected chi connectivity index (χ3v) is 7.25. The van der Waals surface area contributed by atoms with Crippen molar-refractivity contribution < 1.29 is 17.9 Å². The number of hydrogen-bond acceptors (Lipinski definition) is 8. The van der Waals surface area contributed by atoms with Gasteiger partial charge in [0.1, 0.15) is 0 Å². The number of likely N-dealkylation sites (tertiary alicyclic amines) is 1. The molecule has 12 heteroatoms. The monoisotopic (exact) mass is 547 g/mol. The Morgan fingerprint density at radius 2 is 1.69 bits per heavy atom. The minimum Gasteiger partial charge on any atom is -0.476 e. The van der Waals surface area contributed by atoms with E-state index in [1.54, 1.807) is 12.1 Å². The number of pyridine rings is 1. The number of hydrogen-bond donors (Lipinski definition) is 3. The Morgan fingerprint density at radius 3 is 2.36 bits per heavy atom. The fourth-order valence-electron chi connectivity index (χ4n) is 4.29. The molecule has 3 heterocycles. The SMILES string of the molecule is CCOc1nc(NCc2ccc(S(N)(=O)=O)cc2)nc2ccc(-c3ccc(NC(=O)N4CCCC4)cc3)nc12. The van der Waals surface area contributed by atoms with Crippen molar-refractivity contribution in [3.05, 3.63) is 66.2 Å². The predicted octanol–water partition coefficient (Wildman–Crippen LogP) is 3.98. The van der Waals surface area contributed by atoms with E-state index in [9.17, 15) is 13.2 Å². The van der Waals surface area contributed by atoms with Crippen molar-refractivity contribution in [3.63, 3.8) is 0 Å². The molecule has 202 valence electrons. The summed E-state index contributed by atoms with van der Waals surface area (Å²) in [6.45, 7) is 4.22. The van der Waals surface area contributed by atoms with Crippen LogP contribution in [0, 0.1) is 0 Å². The van der Waals surface area contributed by atoms with Gasteiger partial charge in [0.15, 0.2) is 5.52 Å². The molecule has 2 amide bonds. The second-order valence-corrected chi connectivity index (χ2v) is 10.7. The third kappa shape index (κ3) is 6.24. The number of sulfonamides is 1. The molecule has 1 saturated heterocycles. The highest BCUT2D eigenvalue weighted by atomic mass is 32.2. The number of nitrogens with two attached hydrogens (primary N) is 1. The van der Waals surface area contributed by atoms with Gasteiger partial charge in [0.25, 0.3) is 0 Å². The first-order chi connectivity index (χ1) is 18.8. The lowest BCUT2D eigenvalue weighted by atomic mass is 10.1. The van der Waals surface area contributed by atoms with Crippen molar-refractivity contribution in [1.29, 1.82) is 0 Å². The second-order valence-electron chi connectivity index (χ2n) is 9.09. The molecule has 11 nitrogen and oxygen atoms in total. The largest absolute Gasteiger partial charge is 0.476 e. The Kier molecular flexibility index (Phi) is 7.57. The molecule has 4 aromatic rings. The maximum absolute atomic E-state index is 12.4. The Balaban J connectivity index is 1.33. The van der Waals surface area contributed by atoms with Crippen LogP contribution in [0.25, 0.3) is 22.3 Å². The van der Waals surface area contributed by atoms with Crippen molar-refractivity contribution in [2.24, 2.45) is 5.14 Å². The van der Waals surface area contributed by atoms with Crippen LogP contribution >= 0.6 is 0 Å². The fraction of sp³-hybridized carbons (Fsp3) is 0.259. The van der Waals surface area contributed by atoms with Crippen LogP contribution in [0.2, 0.25) is 0 Å². The van der Waals surface area contributed by atoms with Crippen molar-refractivity contribution >= 4 is 38.7 Å². The van der Waals surface area contributed by atoms with E-state index in [1.165, 1.54) is 12.1 Å². The second kappa shape index (κ2) is 11.2. The third-order valence-electron chi connectivity index (χ3n) is 6.32. The molecule has 0 aliphatic carbocycles. The van der Waals surface area contributed by atoms with E-state index in [2.05, 4.69) is 20.6 Å². The summed E-state index contributed by atoms with van der Waals surface area (Å²) >= 11 is 0. The number of nitrogens with one attached hydrogen (secondary N) is 2. The number of benzene rings is 2. The van der Waals surface area contributed by atoms with Gasteiger partial charge in [-0.05, 0) is 61.7 Å². The molecular formula is C27H29N7O4S. The summed E-state index contributed by atoms with van der Waals surface area (Å²) in [5, 5.41) is 11.3. The highest BCUT2D eigenvalue weighted by Gasteiger charge is 2.18. The maximum Gasteiger partial charge on any atom is 0.321 e. The van der Waals surface area contributed by atoms with Crippen LogP contribution in [0.4, 0.5) is 16.4 Å². The molecule has 2 aromatic heterocycles. The summed E-state index contributed by atoms with van der Waals surface area (Å²) in [5.74, 6) is 0.708. The summed E-state index contributed by atoms with van der Waals surface area (Å²) in [7, 11) is -3.74. The number of aromatic nitrogens is 3. The van der Waals surface area contributed by atoms with E-state index < -0.39 is 10.0 Å². The number of rotatable bonds is 8. The van der Waals surface area contributed by atoms with Crippen molar-refractivity contribution in [2.45, 2.75) is 31.2 Å². The standard InChI is InChI=1S/C27H29N7O4S/c1-2-38-25-24-23(32-26(33-25)29-17-18-5-11-21(12-6-18)39(28,36)37)14-13-22(31-24)19-7-9-20(10-8-19)30-27(35)34-15-3-4-16-34/h5-14H,2-4,15-17H2,1H3,(H,30,35)(H2,28,36,37)(H,29,32,33). The number of carbonyl (C=O) groups excluding carboxylic acids is 1. The van der Waals surface area contributed by atoms with Gasteiger partial charge in [-0.2, -0.15) is 4.98 Å². The van der Waals surface area contributed by atoms with E-state index in [4.69, 9.17) is 14.9 Å². The van der Waals surface area contributed by atoms with Crippen molar-refractivity contribution in [2.75, 3.05) is 30.3 Å². The zero-order valence-corrected chi connectivity index (χ0v) is 22.2. The van der Waals surface area contributed by atoms with E-state index in [1.807, 2.05) is 48.2 Å². The van der Waals surface area contributed by atoms with Gasteiger partial charge in [-0.3, -0.25) is 0 Å². The van der Waals surface area contributed by atoms with Gasteiger partial charge in [-0.15, -0.1) is 0 Å². The number of fused-ring (bicyclic) bond motifs is 1. The summed E-state index contributed by atoms with van der Waals surface area (Å²) in [5.41, 5.74) is 4.30. The minimum absolute atomic E-state index is 0.0511. The highest BCUT2D eigenvalue weighted by molar-refractivity contribution is 7.89. The lowest BCUT2D eigenvalue weighted by Crippen LogP contribution is -2.32. The molecule has 0 spiro atoms. The number of amides is 2. The summed E-state index contributed by atoms with van der Waals surface area (Å²) in [6, 6.07) is 17.5. The van der Waals surface area contributed by atoms with Gasteiger partial charge in [0.2, 0.25) is 21.9 Å². The normalized spacial score (nSPS) is 13.4. The van der Waals surface area contributed by atoms with Crippen LogP contribution in [0.5, 0.6) is 5.88 Å². The smallest absolute Gasteiger partial charge is 0.321 e. The Hall–Kier alpha value is -4.29. The lowest BCUT2D eigenvalue weighted by Gasteiger charge is -2.16. The summed E-state index contributed by atoms with van der Waals surface area (Å²) in [6.07, 6.45) is 2.09. The van der Waals surface area contributed by atoms with Crippen LogP contribution in [0.3, 0.4) is 0 Å². The first-order valence-corrected chi connectivity index (χ1v) is 14.2. The van der Waals surface area contributed by atoms with Gasteiger partial charge in [0, 0.05) is 30.9 Å². The molecule has 1 fully saturated rings. The Labute approximate surface area is 226 Å². The minimum atomic E-state index is -3.74. The maximum atomic E-state index is 12.4. The first-order valence-electron chi connectivity index (χ1n) is 12.6. The van der Waals surface area contributed by atoms with E-state index in [0.29, 0.717) is 36.0 Å².